The molecule has 0 atom stereocenters. The van der Waals surface area contributed by atoms with E-state index >= 15 is 0 Å². The van der Waals surface area contributed by atoms with Crippen LogP contribution in [-0.2, 0) is 0 Å². The van der Waals surface area contributed by atoms with Crippen molar-refractivity contribution >= 4 is 27.5 Å². The first-order valence-electron chi connectivity index (χ1n) is 7.83. The summed E-state index contributed by atoms with van der Waals surface area (Å²) < 4.78 is 1.92. The van der Waals surface area contributed by atoms with Crippen LogP contribution in [0.25, 0.3) is 15.9 Å². The zero-order valence-corrected chi connectivity index (χ0v) is 13.8. The van der Waals surface area contributed by atoms with E-state index in [1.807, 2.05) is 53.0 Å². The lowest BCUT2D eigenvalue weighted by molar-refractivity contribution is 0.0830. The van der Waals surface area contributed by atoms with Crippen molar-refractivity contribution < 1.29 is 4.79 Å². The first-order chi connectivity index (χ1) is 11.2. The Kier molecular flexibility index (Phi) is 3.63. The first kappa shape index (κ1) is 14.4. The van der Waals surface area contributed by atoms with E-state index in [0.29, 0.717) is 0 Å². The number of hydrazine groups is 1. The SMILES string of the molecule is Cc1nn(-c2ccccc2)c2sc(C(=O)NN3CCCC3)cc12. The molecule has 0 aliphatic carbocycles. The largest absolute Gasteiger partial charge is 0.284 e. The van der Waals surface area contributed by atoms with Gasteiger partial charge in [0.2, 0.25) is 0 Å². The molecular weight excluding hydrogens is 308 g/mol. The second-order valence-corrected chi connectivity index (χ2v) is 6.83. The zero-order chi connectivity index (χ0) is 15.8. The highest BCUT2D eigenvalue weighted by atomic mass is 32.1. The Morgan fingerprint density at radius 1 is 1.22 bits per heavy atom. The summed E-state index contributed by atoms with van der Waals surface area (Å²) in [5.41, 5.74) is 4.96. The lowest BCUT2D eigenvalue weighted by atomic mass is 10.3. The summed E-state index contributed by atoms with van der Waals surface area (Å²) >= 11 is 1.49. The first-order valence-corrected chi connectivity index (χ1v) is 8.64. The Morgan fingerprint density at radius 3 is 2.70 bits per heavy atom. The van der Waals surface area contributed by atoms with Crippen molar-refractivity contribution in [3.05, 3.63) is 47.0 Å². The van der Waals surface area contributed by atoms with Gasteiger partial charge in [0.1, 0.15) is 4.83 Å². The molecule has 4 rings (SSSR count). The van der Waals surface area contributed by atoms with Gasteiger partial charge in [-0.3, -0.25) is 10.2 Å². The fourth-order valence-corrected chi connectivity index (χ4v) is 4.00. The van der Waals surface area contributed by atoms with Crippen LogP contribution in [0.4, 0.5) is 0 Å². The van der Waals surface area contributed by atoms with Crippen LogP contribution in [-0.4, -0.2) is 33.8 Å². The van der Waals surface area contributed by atoms with Crippen molar-refractivity contribution in [2.45, 2.75) is 19.8 Å². The van der Waals surface area contributed by atoms with Crippen LogP contribution >= 0.6 is 11.3 Å². The normalized spacial score (nSPS) is 15.3. The van der Waals surface area contributed by atoms with Crippen molar-refractivity contribution in [3.8, 4) is 5.69 Å². The molecule has 3 heterocycles. The quantitative estimate of drug-likeness (QED) is 0.804. The van der Waals surface area contributed by atoms with E-state index in [4.69, 9.17) is 0 Å². The number of aryl methyl sites for hydroxylation is 1. The highest BCUT2D eigenvalue weighted by Crippen LogP contribution is 2.30. The average Bonchev–Trinajstić information content (AvgIpc) is 3.27. The van der Waals surface area contributed by atoms with Crippen molar-refractivity contribution in [2.75, 3.05) is 13.1 Å². The molecule has 0 radical (unpaired) electrons. The van der Waals surface area contributed by atoms with Crippen LogP contribution in [0, 0.1) is 6.92 Å². The molecule has 1 fully saturated rings. The summed E-state index contributed by atoms with van der Waals surface area (Å²) in [6.45, 7) is 3.86. The summed E-state index contributed by atoms with van der Waals surface area (Å²) in [5.74, 6) is -0.0212. The van der Waals surface area contributed by atoms with Gasteiger partial charge in [-0.05, 0) is 38.0 Å². The Bertz CT molecular complexity index is 846. The topological polar surface area (TPSA) is 50.2 Å². The number of fused-ring (bicyclic) bond motifs is 1. The van der Waals surface area contributed by atoms with Gasteiger partial charge in [-0.1, -0.05) is 18.2 Å². The number of carbonyl (C=O) groups is 1. The summed E-state index contributed by atoms with van der Waals surface area (Å²) in [6, 6.07) is 12.0. The predicted octanol–water partition coefficient (Wildman–Crippen LogP) is 3.14. The van der Waals surface area contributed by atoms with Crippen LogP contribution in [0.5, 0.6) is 0 Å². The molecule has 1 N–H and O–H groups in total. The van der Waals surface area contributed by atoms with Crippen LogP contribution in [0.15, 0.2) is 36.4 Å². The molecule has 0 unspecified atom stereocenters. The van der Waals surface area contributed by atoms with Gasteiger partial charge in [-0.2, -0.15) is 5.10 Å². The van der Waals surface area contributed by atoms with Gasteiger partial charge >= 0.3 is 0 Å². The lowest BCUT2D eigenvalue weighted by Gasteiger charge is -2.15. The molecule has 3 aromatic rings. The molecule has 1 amide bonds. The molecule has 2 aromatic heterocycles. The summed E-state index contributed by atoms with van der Waals surface area (Å²) in [5, 5.41) is 7.66. The van der Waals surface area contributed by atoms with Crippen molar-refractivity contribution in [3.63, 3.8) is 0 Å². The molecule has 1 aliphatic rings. The van der Waals surface area contributed by atoms with Gasteiger partial charge in [0.05, 0.1) is 16.3 Å². The molecular formula is C17H18N4OS. The van der Waals surface area contributed by atoms with Gasteiger partial charge < -0.3 is 0 Å². The maximum atomic E-state index is 12.5. The second-order valence-electron chi connectivity index (χ2n) is 5.80. The minimum Gasteiger partial charge on any atom is -0.284 e. The third-order valence-corrected chi connectivity index (χ3v) is 5.24. The van der Waals surface area contributed by atoms with Crippen LogP contribution in [0.1, 0.15) is 28.2 Å². The van der Waals surface area contributed by atoms with E-state index < -0.39 is 0 Å². The van der Waals surface area contributed by atoms with Gasteiger partial charge in [-0.25, -0.2) is 9.69 Å². The molecule has 118 valence electrons. The molecule has 1 aliphatic heterocycles. The maximum absolute atomic E-state index is 12.5. The molecule has 1 saturated heterocycles. The number of nitrogens with zero attached hydrogens (tertiary/aromatic N) is 3. The van der Waals surface area contributed by atoms with Gasteiger partial charge in [0.15, 0.2) is 0 Å². The summed E-state index contributed by atoms with van der Waals surface area (Å²) in [7, 11) is 0. The number of hydrogen-bond donors (Lipinski definition) is 1. The maximum Gasteiger partial charge on any atom is 0.275 e. The van der Waals surface area contributed by atoms with Gasteiger partial charge in [0, 0.05) is 18.5 Å². The van der Waals surface area contributed by atoms with Crippen molar-refractivity contribution in [1.29, 1.82) is 0 Å². The number of amides is 1. The zero-order valence-electron chi connectivity index (χ0n) is 13.0. The molecule has 1 aromatic carbocycles. The number of hydrogen-bond acceptors (Lipinski definition) is 4. The summed E-state index contributed by atoms with van der Waals surface area (Å²) in [4.78, 5) is 14.2. The molecule has 0 spiro atoms. The standard InChI is InChI=1S/C17H18N4OS/c1-12-14-11-15(16(22)19-20-9-5-6-10-20)23-17(14)21(18-12)13-7-3-2-4-8-13/h2-4,7-8,11H,5-6,9-10H2,1H3,(H,19,22). The van der Waals surface area contributed by atoms with Crippen molar-refractivity contribution in [2.24, 2.45) is 0 Å². The smallest absolute Gasteiger partial charge is 0.275 e. The molecule has 23 heavy (non-hydrogen) atoms. The number of thiophene rings is 1. The minimum atomic E-state index is -0.0212. The van der Waals surface area contributed by atoms with E-state index in [-0.39, 0.29) is 5.91 Å². The van der Waals surface area contributed by atoms with Crippen LogP contribution < -0.4 is 5.43 Å². The van der Waals surface area contributed by atoms with Crippen molar-refractivity contribution in [1.82, 2.24) is 20.2 Å². The number of aromatic nitrogens is 2. The minimum absolute atomic E-state index is 0.0212. The van der Waals surface area contributed by atoms with Gasteiger partial charge in [-0.15, -0.1) is 11.3 Å². The monoisotopic (exact) mass is 326 g/mol. The Morgan fingerprint density at radius 2 is 1.96 bits per heavy atom. The Balaban J connectivity index is 1.69. The van der Waals surface area contributed by atoms with E-state index in [0.717, 1.165) is 52.4 Å². The third-order valence-electron chi connectivity index (χ3n) is 4.13. The predicted molar refractivity (Wildman–Crippen MR) is 92.0 cm³/mol. The summed E-state index contributed by atoms with van der Waals surface area (Å²) in [6.07, 6.45) is 2.30. The number of benzene rings is 1. The van der Waals surface area contributed by atoms with Crippen LogP contribution in [0.2, 0.25) is 0 Å². The molecule has 5 nitrogen and oxygen atoms in total. The number of carbonyl (C=O) groups excluding carboxylic acids is 1. The number of nitrogens with one attached hydrogen (secondary N) is 1. The fraction of sp³-hybridized carbons (Fsp3) is 0.294. The van der Waals surface area contributed by atoms with E-state index in [1.54, 1.807) is 0 Å². The highest BCUT2D eigenvalue weighted by molar-refractivity contribution is 7.20. The third kappa shape index (κ3) is 2.64. The Labute approximate surface area is 138 Å². The van der Waals surface area contributed by atoms with E-state index in [9.17, 15) is 4.79 Å². The number of rotatable bonds is 3. The lowest BCUT2D eigenvalue weighted by Crippen LogP contribution is -2.39. The van der Waals surface area contributed by atoms with Crippen LogP contribution in [0.3, 0.4) is 0 Å². The molecule has 6 heteroatoms. The highest BCUT2D eigenvalue weighted by Gasteiger charge is 2.20. The van der Waals surface area contributed by atoms with Gasteiger partial charge in [0.25, 0.3) is 5.91 Å². The average molecular weight is 326 g/mol. The molecule has 0 saturated carbocycles. The molecule has 0 bridgehead atoms. The van der Waals surface area contributed by atoms with E-state index in [1.165, 1.54) is 11.3 Å². The Hall–Kier alpha value is -2.18. The number of para-hydroxylation sites is 1. The fourth-order valence-electron chi connectivity index (χ4n) is 2.93. The van der Waals surface area contributed by atoms with E-state index in [2.05, 4.69) is 10.5 Å². The second kappa shape index (κ2) is 5.79.